The van der Waals surface area contributed by atoms with E-state index in [-0.39, 0.29) is 5.97 Å². The lowest BCUT2D eigenvalue weighted by atomic mass is 10.0. The topological polar surface area (TPSA) is 58.6 Å². The van der Waals surface area contributed by atoms with Crippen molar-refractivity contribution in [2.75, 3.05) is 13.2 Å². The molecule has 0 amide bonds. The minimum atomic E-state index is -0.530. The van der Waals surface area contributed by atoms with Gasteiger partial charge in [-0.1, -0.05) is 44.2 Å². The number of aliphatic hydroxyl groups is 1. The van der Waals surface area contributed by atoms with Crippen molar-refractivity contribution in [3.8, 4) is 0 Å². The van der Waals surface area contributed by atoms with E-state index in [9.17, 15) is 9.90 Å². The summed E-state index contributed by atoms with van der Waals surface area (Å²) in [7, 11) is 0. The van der Waals surface area contributed by atoms with Gasteiger partial charge >= 0.3 is 5.97 Å². The number of benzene rings is 1. The van der Waals surface area contributed by atoms with E-state index in [0.717, 1.165) is 5.56 Å². The maximum absolute atomic E-state index is 12.0. The Hall–Kier alpha value is -1.39. The molecule has 4 nitrogen and oxygen atoms in total. The van der Waals surface area contributed by atoms with Crippen molar-refractivity contribution in [2.24, 2.45) is 5.92 Å². The first-order valence-electron chi connectivity index (χ1n) is 7.17. The Morgan fingerprint density at radius 1 is 1.30 bits per heavy atom. The van der Waals surface area contributed by atoms with Crippen molar-refractivity contribution < 1.29 is 14.6 Å². The van der Waals surface area contributed by atoms with E-state index in [1.165, 1.54) is 0 Å². The Morgan fingerprint density at radius 2 is 1.95 bits per heavy atom. The lowest BCUT2D eigenvalue weighted by Crippen LogP contribution is -2.36. The maximum Gasteiger partial charge on any atom is 0.327 e. The van der Waals surface area contributed by atoms with E-state index in [1.54, 1.807) is 6.92 Å². The Labute approximate surface area is 121 Å². The molecule has 1 aromatic carbocycles. The molecule has 0 aliphatic rings. The molecule has 0 saturated heterocycles. The van der Waals surface area contributed by atoms with Gasteiger partial charge in [-0.15, -0.1) is 0 Å². The summed E-state index contributed by atoms with van der Waals surface area (Å²) in [5.41, 5.74) is 0.850. The minimum Gasteiger partial charge on any atom is -0.465 e. The van der Waals surface area contributed by atoms with Crippen molar-refractivity contribution in [1.82, 2.24) is 5.32 Å². The Kier molecular flexibility index (Phi) is 7.26. The summed E-state index contributed by atoms with van der Waals surface area (Å²) >= 11 is 0. The summed E-state index contributed by atoms with van der Waals surface area (Å²) < 4.78 is 5.09. The highest BCUT2D eigenvalue weighted by Crippen LogP contribution is 2.15. The summed E-state index contributed by atoms with van der Waals surface area (Å²) in [5, 5.41) is 13.0. The second-order valence-corrected chi connectivity index (χ2v) is 5.29. The molecule has 0 saturated carbocycles. The van der Waals surface area contributed by atoms with Crippen LogP contribution in [0.2, 0.25) is 0 Å². The molecule has 1 aromatic rings. The number of rotatable bonds is 8. The zero-order chi connectivity index (χ0) is 15.0. The summed E-state index contributed by atoms with van der Waals surface area (Å²) in [6.07, 6.45) is 0.243. The minimum absolute atomic E-state index is 0.310. The zero-order valence-electron chi connectivity index (χ0n) is 12.5. The van der Waals surface area contributed by atoms with Crippen LogP contribution in [0.15, 0.2) is 30.3 Å². The molecule has 112 valence electrons. The normalized spacial score (nSPS) is 14.1. The lowest BCUT2D eigenvalue weighted by Gasteiger charge is -2.20. The highest BCUT2D eigenvalue weighted by molar-refractivity contribution is 5.77. The van der Waals surface area contributed by atoms with Gasteiger partial charge in [0.1, 0.15) is 6.04 Å². The summed E-state index contributed by atoms with van der Waals surface area (Å²) in [5.74, 6) is 0.111. The molecule has 20 heavy (non-hydrogen) atoms. The zero-order valence-corrected chi connectivity index (χ0v) is 12.5. The van der Waals surface area contributed by atoms with Crippen molar-refractivity contribution in [3.63, 3.8) is 0 Å². The first kappa shape index (κ1) is 16.7. The molecule has 0 bridgehead atoms. The van der Waals surface area contributed by atoms with E-state index >= 15 is 0 Å². The summed E-state index contributed by atoms with van der Waals surface area (Å²) in [4.78, 5) is 12.0. The van der Waals surface area contributed by atoms with Crippen LogP contribution in [0.5, 0.6) is 0 Å². The Morgan fingerprint density at radius 3 is 2.50 bits per heavy atom. The molecule has 2 N–H and O–H groups in total. The van der Waals surface area contributed by atoms with Crippen LogP contribution in [-0.4, -0.2) is 30.3 Å². The van der Waals surface area contributed by atoms with Gasteiger partial charge in [-0.05, 0) is 24.8 Å². The fraction of sp³-hybridized carbons (Fsp3) is 0.562. The predicted molar refractivity (Wildman–Crippen MR) is 79.3 cm³/mol. The lowest BCUT2D eigenvalue weighted by molar-refractivity contribution is -0.146. The average molecular weight is 279 g/mol. The first-order chi connectivity index (χ1) is 9.54. The summed E-state index contributed by atoms with van der Waals surface area (Å²) in [6, 6.07) is 8.89. The maximum atomic E-state index is 12.0. The largest absolute Gasteiger partial charge is 0.465 e. The smallest absolute Gasteiger partial charge is 0.327 e. The van der Waals surface area contributed by atoms with Crippen LogP contribution in [0.3, 0.4) is 0 Å². The number of hydrogen-bond acceptors (Lipinski definition) is 4. The van der Waals surface area contributed by atoms with Crippen LogP contribution in [0.25, 0.3) is 0 Å². The van der Waals surface area contributed by atoms with Crippen molar-refractivity contribution in [2.45, 2.75) is 39.3 Å². The van der Waals surface area contributed by atoms with E-state index in [0.29, 0.717) is 25.5 Å². The fourth-order valence-electron chi connectivity index (χ4n) is 2.09. The van der Waals surface area contributed by atoms with Gasteiger partial charge in [0.25, 0.3) is 0 Å². The third-order valence-electron chi connectivity index (χ3n) is 2.96. The molecule has 0 fully saturated rings. The molecular weight excluding hydrogens is 254 g/mol. The number of aliphatic hydroxyl groups excluding tert-OH is 1. The van der Waals surface area contributed by atoms with Gasteiger partial charge in [0.2, 0.25) is 0 Å². The number of ether oxygens (including phenoxy) is 1. The number of nitrogens with one attached hydrogen (secondary N) is 1. The SMILES string of the molecule is CCOC(=O)C(NCC(O)CC(C)C)c1ccccc1. The molecule has 0 aliphatic heterocycles. The van der Waals surface area contributed by atoms with Gasteiger partial charge in [0.15, 0.2) is 0 Å². The predicted octanol–water partition coefficient (Wildman–Crippen LogP) is 2.29. The van der Waals surface area contributed by atoms with Gasteiger partial charge in [-0.25, -0.2) is 4.79 Å². The Bertz CT molecular complexity index is 392. The van der Waals surface area contributed by atoms with Gasteiger partial charge in [-0.2, -0.15) is 0 Å². The molecule has 2 unspecified atom stereocenters. The quantitative estimate of drug-likeness (QED) is 0.717. The molecular formula is C16H25NO3. The third kappa shape index (κ3) is 5.72. The first-order valence-corrected chi connectivity index (χ1v) is 7.17. The number of carbonyl (C=O) groups is 1. The monoisotopic (exact) mass is 279 g/mol. The van der Waals surface area contributed by atoms with Crippen molar-refractivity contribution in [3.05, 3.63) is 35.9 Å². The summed E-state index contributed by atoms with van der Waals surface area (Å²) in [6.45, 7) is 6.62. The van der Waals surface area contributed by atoms with Crippen LogP contribution in [-0.2, 0) is 9.53 Å². The van der Waals surface area contributed by atoms with Gasteiger partial charge < -0.3 is 9.84 Å². The van der Waals surface area contributed by atoms with Crippen LogP contribution < -0.4 is 5.32 Å². The molecule has 1 rings (SSSR count). The van der Waals surface area contributed by atoms with E-state index in [2.05, 4.69) is 19.2 Å². The number of esters is 1. The van der Waals surface area contributed by atoms with Crippen molar-refractivity contribution in [1.29, 1.82) is 0 Å². The van der Waals surface area contributed by atoms with Gasteiger partial charge in [-0.3, -0.25) is 5.32 Å². The average Bonchev–Trinajstić information content (AvgIpc) is 2.39. The molecule has 2 atom stereocenters. The van der Waals surface area contributed by atoms with Gasteiger partial charge in [0.05, 0.1) is 12.7 Å². The van der Waals surface area contributed by atoms with Crippen LogP contribution in [0.4, 0.5) is 0 Å². The molecule has 0 spiro atoms. The molecule has 4 heteroatoms. The van der Waals surface area contributed by atoms with E-state index in [4.69, 9.17) is 4.74 Å². The molecule has 0 heterocycles. The molecule has 0 radical (unpaired) electrons. The second kappa shape index (κ2) is 8.72. The standard InChI is InChI=1S/C16H25NO3/c1-4-20-16(19)15(13-8-6-5-7-9-13)17-11-14(18)10-12(2)3/h5-9,12,14-15,17-18H,4,10-11H2,1-3H3. The van der Waals surface area contributed by atoms with Crippen LogP contribution in [0, 0.1) is 5.92 Å². The number of carbonyl (C=O) groups excluding carboxylic acids is 1. The van der Waals surface area contributed by atoms with E-state index in [1.807, 2.05) is 30.3 Å². The van der Waals surface area contributed by atoms with Crippen molar-refractivity contribution >= 4 is 5.97 Å². The fourth-order valence-corrected chi connectivity index (χ4v) is 2.09. The molecule has 0 aliphatic carbocycles. The second-order valence-electron chi connectivity index (χ2n) is 5.29. The van der Waals surface area contributed by atoms with Crippen LogP contribution in [0.1, 0.15) is 38.8 Å². The van der Waals surface area contributed by atoms with E-state index < -0.39 is 12.1 Å². The number of hydrogen-bond donors (Lipinski definition) is 2. The van der Waals surface area contributed by atoms with Gasteiger partial charge in [0, 0.05) is 6.54 Å². The molecule has 0 aromatic heterocycles. The highest BCUT2D eigenvalue weighted by Gasteiger charge is 2.22. The Balaban J connectivity index is 2.67. The third-order valence-corrected chi connectivity index (χ3v) is 2.96. The highest BCUT2D eigenvalue weighted by atomic mass is 16.5. The van der Waals surface area contributed by atoms with Crippen LogP contribution >= 0.6 is 0 Å².